The molecule has 1 heterocycles. The number of carbonyl (C=O) groups excluding carboxylic acids is 1. The lowest BCUT2D eigenvalue weighted by atomic mass is 10.2. The fraction of sp³-hybridized carbons (Fsp3) is 0.385. The highest BCUT2D eigenvalue weighted by Crippen LogP contribution is 2.28. The molecule has 1 aliphatic heterocycles. The highest BCUT2D eigenvalue weighted by molar-refractivity contribution is 7.89. The van der Waals surface area contributed by atoms with Crippen molar-refractivity contribution in [3.05, 3.63) is 28.8 Å². The molecule has 1 atom stereocenters. The molecule has 0 aromatic heterocycles. The van der Waals surface area contributed by atoms with Crippen molar-refractivity contribution >= 4 is 33.5 Å². The molecule has 0 radical (unpaired) electrons. The fourth-order valence-electron chi connectivity index (χ4n) is 2.28. The van der Waals surface area contributed by atoms with Crippen molar-refractivity contribution in [1.29, 1.82) is 0 Å². The molecule has 7 nitrogen and oxygen atoms in total. The van der Waals surface area contributed by atoms with Crippen LogP contribution in [0.2, 0.25) is 5.02 Å². The maximum Gasteiger partial charge on any atom is 0.335 e. The molecule has 9 heteroatoms. The van der Waals surface area contributed by atoms with E-state index in [4.69, 9.17) is 16.7 Å². The van der Waals surface area contributed by atoms with Gasteiger partial charge >= 0.3 is 5.97 Å². The summed E-state index contributed by atoms with van der Waals surface area (Å²) in [4.78, 5) is 24.1. The smallest absolute Gasteiger partial charge is 0.335 e. The van der Waals surface area contributed by atoms with Gasteiger partial charge in [-0.1, -0.05) is 11.6 Å². The first-order valence-electron chi connectivity index (χ1n) is 6.46. The first kappa shape index (κ1) is 16.7. The van der Waals surface area contributed by atoms with Gasteiger partial charge in [-0.15, -0.1) is 0 Å². The van der Waals surface area contributed by atoms with Crippen molar-refractivity contribution in [3.8, 4) is 0 Å². The Balaban J connectivity index is 2.49. The number of benzene rings is 1. The van der Waals surface area contributed by atoms with E-state index in [2.05, 4.69) is 0 Å². The summed E-state index contributed by atoms with van der Waals surface area (Å²) in [6.45, 7) is 1.88. The van der Waals surface area contributed by atoms with Crippen LogP contribution in [0.1, 0.15) is 17.3 Å². The maximum absolute atomic E-state index is 12.7. The fourth-order valence-corrected chi connectivity index (χ4v) is 4.36. The van der Waals surface area contributed by atoms with E-state index in [1.807, 2.05) is 0 Å². The number of hydrogen-bond acceptors (Lipinski definition) is 4. The number of nitrogens with zero attached hydrogens (tertiary/aromatic N) is 2. The molecule has 22 heavy (non-hydrogen) atoms. The molecule has 1 aliphatic rings. The van der Waals surface area contributed by atoms with Crippen LogP contribution in [0.25, 0.3) is 0 Å². The van der Waals surface area contributed by atoms with E-state index in [0.29, 0.717) is 0 Å². The van der Waals surface area contributed by atoms with Gasteiger partial charge in [-0.3, -0.25) is 4.79 Å². The Bertz CT molecular complexity index is 734. The minimum absolute atomic E-state index is 0.0800. The van der Waals surface area contributed by atoms with Gasteiger partial charge < -0.3 is 10.0 Å². The predicted molar refractivity (Wildman–Crippen MR) is 79.4 cm³/mol. The molecule has 1 aromatic rings. The lowest BCUT2D eigenvalue weighted by molar-refractivity contribution is -0.136. The van der Waals surface area contributed by atoms with Crippen LogP contribution < -0.4 is 0 Å². The van der Waals surface area contributed by atoms with Gasteiger partial charge in [0.05, 0.1) is 10.6 Å². The van der Waals surface area contributed by atoms with Crippen LogP contribution in [0.15, 0.2) is 23.1 Å². The van der Waals surface area contributed by atoms with E-state index in [1.54, 1.807) is 7.05 Å². The molecule has 1 unspecified atom stereocenters. The molecule has 1 aromatic carbocycles. The number of sulfonamides is 1. The molecule has 120 valence electrons. The zero-order valence-corrected chi connectivity index (χ0v) is 13.6. The van der Waals surface area contributed by atoms with E-state index in [9.17, 15) is 18.0 Å². The highest BCUT2D eigenvalue weighted by atomic mass is 35.5. The molecule has 1 fully saturated rings. The van der Waals surface area contributed by atoms with Gasteiger partial charge in [0.1, 0.15) is 10.9 Å². The Labute approximate surface area is 133 Å². The number of aromatic carboxylic acids is 1. The van der Waals surface area contributed by atoms with Gasteiger partial charge in [-0.2, -0.15) is 4.31 Å². The lowest BCUT2D eigenvalue weighted by Gasteiger charge is -2.36. The molecular weight excluding hydrogens is 332 g/mol. The average molecular weight is 347 g/mol. The van der Waals surface area contributed by atoms with Gasteiger partial charge in [0.25, 0.3) is 0 Å². The number of likely N-dealkylation sites (N-methyl/N-ethyl adjacent to an activating group) is 1. The third-order valence-electron chi connectivity index (χ3n) is 3.59. The Morgan fingerprint density at radius 2 is 2.00 bits per heavy atom. The molecule has 0 spiro atoms. The number of carboxylic acid groups (broad SMARTS) is 1. The van der Waals surface area contributed by atoms with Gasteiger partial charge in [0.2, 0.25) is 15.9 Å². The van der Waals surface area contributed by atoms with Crippen molar-refractivity contribution in [2.45, 2.75) is 17.9 Å². The van der Waals surface area contributed by atoms with E-state index < -0.39 is 22.0 Å². The monoisotopic (exact) mass is 346 g/mol. The van der Waals surface area contributed by atoms with Crippen LogP contribution >= 0.6 is 11.6 Å². The third-order valence-corrected chi connectivity index (χ3v) is 6.04. The Morgan fingerprint density at radius 1 is 1.36 bits per heavy atom. The number of rotatable bonds is 3. The molecule has 1 amide bonds. The standard InChI is InChI=1S/C13H15ClN2O5S/c1-8-12(17)15(2)5-6-16(8)22(20,21)11-7-9(13(18)19)3-4-10(11)14/h3-4,7-8H,5-6H2,1-2H3,(H,18,19). The second-order valence-electron chi connectivity index (χ2n) is 5.00. The molecular formula is C13H15ClN2O5S. The third kappa shape index (κ3) is 2.81. The second kappa shape index (κ2) is 5.86. The second-order valence-corrected chi connectivity index (χ2v) is 7.27. The summed E-state index contributed by atoms with van der Waals surface area (Å²) in [5, 5.41) is 8.91. The number of carbonyl (C=O) groups is 2. The van der Waals surface area contributed by atoms with Crippen molar-refractivity contribution in [2.24, 2.45) is 0 Å². The average Bonchev–Trinajstić information content (AvgIpc) is 2.44. The van der Waals surface area contributed by atoms with E-state index in [-0.39, 0.29) is 34.5 Å². The predicted octanol–water partition coefficient (Wildman–Crippen LogP) is 0.889. The number of halogens is 1. The summed E-state index contributed by atoms with van der Waals surface area (Å²) < 4.78 is 26.5. The summed E-state index contributed by atoms with van der Waals surface area (Å²) >= 11 is 5.92. The lowest BCUT2D eigenvalue weighted by Crippen LogP contribution is -2.56. The van der Waals surface area contributed by atoms with Crippen molar-refractivity contribution in [3.63, 3.8) is 0 Å². The van der Waals surface area contributed by atoms with E-state index in [0.717, 1.165) is 10.4 Å². The molecule has 0 bridgehead atoms. The largest absolute Gasteiger partial charge is 0.478 e. The minimum atomic E-state index is -4.06. The molecule has 2 rings (SSSR count). The summed E-state index contributed by atoms with van der Waals surface area (Å²) in [7, 11) is -2.47. The maximum atomic E-state index is 12.7. The van der Waals surface area contributed by atoms with Crippen molar-refractivity contribution in [1.82, 2.24) is 9.21 Å². The number of amides is 1. The number of carboxylic acids is 1. The normalized spacial score (nSPS) is 20.2. The first-order valence-corrected chi connectivity index (χ1v) is 8.27. The zero-order valence-electron chi connectivity index (χ0n) is 12.0. The van der Waals surface area contributed by atoms with Crippen LogP contribution in [-0.4, -0.2) is 60.8 Å². The van der Waals surface area contributed by atoms with Gasteiger partial charge in [-0.05, 0) is 25.1 Å². The minimum Gasteiger partial charge on any atom is -0.478 e. The first-order chi connectivity index (χ1) is 10.2. The summed E-state index contributed by atoms with van der Waals surface area (Å²) in [6, 6.07) is 2.59. The summed E-state index contributed by atoms with van der Waals surface area (Å²) in [6.07, 6.45) is 0. The quantitative estimate of drug-likeness (QED) is 0.877. The zero-order chi connectivity index (χ0) is 16.7. The molecule has 0 aliphatic carbocycles. The Hall–Kier alpha value is -1.64. The summed E-state index contributed by atoms with van der Waals surface area (Å²) in [5.74, 6) is -1.57. The number of piperazine rings is 1. The van der Waals surface area contributed by atoms with Crippen LogP contribution in [0.4, 0.5) is 0 Å². The van der Waals surface area contributed by atoms with Crippen molar-refractivity contribution in [2.75, 3.05) is 20.1 Å². The van der Waals surface area contributed by atoms with Crippen LogP contribution in [-0.2, 0) is 14.8 Å². The van der Waals surface area contributed by atoms with E-state index in [1.165, 1.54) is 24.0 Å². The topological polar surface area (TPSA) is 95.0 Å². The molecule has 0 saturated carbocycles. The number of hydrogen-bond donors (Lipinski definition) is 1. The molecule has 1 N–H and O–H groups in total. The highest BCUT2D eigenvalue weighted by Gasteiger charge is 2.38. The van der Waals surface area contributed by atoms with Gasteiger partial charge in [-0.25, -0.2) is 13.2 Å². The van der Waals surface area contributed by atoms with Crippen LogP contribution in [0.3, 0.4) is 0 Å². The Kier molecular flexibility index (Phi) is 4.46. The van der Waals surface area contributed by atoms with Crippen LogP contribution in [0, 0.1) is 0 Å². The van der Waals surface area contributed by atoms with Gasteiger partial charge in [0, 0.05) is 20.1 Å². The molecule has 1 saturated heterocycles. The van der Waals surface area contributed by atoms with Gasteiger partial charge in [0.15, 0.2) is 0 Å². The SMILES string of the molecule is CC1C(=O)N(C)CCN1S(=O)(=O)c1cc(C(=O)O)ccc1Cl. The Morgan fingerprint density at radius 3 is 2.59 bits per heavy atom. The summed E-state index contributed by atoms with van der Waals surface area (Å²) in [5.41, 5.74) is -0.184. The van der Waals surface area contributed by atoms with Crippen LogP contribution in [0.5, 0.6) is 0 Å². The van der Waals surface area contributed by atoms with E-state index >= 15 is 0 Å². The van der Waals surface area contributed by atoms with Crippen molar-refractivity contribution < 1.29 is 23.1 Å².